The molecule has 0 unspecified atom stereocenters. The van der Waals surface area contributed by atoms with E-state index in [9.17, 15) is 14.4 Å². The smallest absolute Gasteiger partial charge is 0.325 e. The van der Waals surface area contributed by atoms with E-state index >= 15 is 0 Å². The number of hydrogen-bond acceptors (Lipinski definition) is 3. The minimum Gasteiger partial charge on any atom is -0.347 e. The van der Waals surface area contributed by atoms with E-state index in [4.69, 9.17) is 0 Å². The van der Waals surface area contributed by atoms with Crippen LogP contribution in [0.4, 0.5) is 4.79 Å². The first kappa shape index (κ1) is 17.3. The highest BCUT2D eigenvalue weighted by Crippen LogP contribution is 2.35. The fourth-order valence-electron chi connectivity index (χ4n) is 4.01. The average Bonchev–Trinajstić information content (AvgIpc) is 3.20. The van der Waals surface area contributed by atoms with E-state index in [0.717, 1.165) is 5.56 Å². The molecule has 7 nitrogen and oxygen atoms in total. The number of nitrogens with zero attached hydrogens (tertiary/aromatic N) is 3. The number of rotatable bonds is 3. The van der Waals surface area contributed by atoms with Crippen LogP contribution in [-0.2, 0) is 18.4 Å². The van der Waals surface area contributed by atoms with Gasteiger partial charge in [0.15, 0.2) is 0 Å². The van der Waals surface area contributed by atoms with Crippen LogP contribution in [0.3, 0.4) is 0 Å². The summed E-state index contributed by atoms with van der Waals surface area (Å²) in [4.78, 5) is 41.2. The molecule has 0 bridgehead atoms. The fraction of sp³-hybridized carbons (Fsp3) is 0.350. The number of hydrogen-bond donors (Lipinski definition) is 1. The van der Waals surface area contributed by atoms with Gasteiger partial charge in [0.2, 0.25) is 0 Å². The predicted molar refractivity (Wildman–Crippen MR) is 98.8 cm³/mol. The Labute approximate surface area is 157 Å². The second kappa shape index (κ2) is 6.57. The molecule has 1 N–H and O–H groups in total. The maximum absolute atomic E-state index is 12.7. The minimum absolute atomic E-state index is 0.0447. The van der Waals surface area contributed by atoms with Gasteiger partial charge < -0.3 is 14.4 Å². The third-order valence-electron chi connectivity index (χ3n) is 5.63. The summed E-state index contributed by atoms with van der Waals surface area (Å²) in [5.41, 5.74) is 0.723. The fourth-order valence-corrected chi connectivity index (χ4v) is 4.01. The van der Waals surface area contributed by atoms with Crippen molar-refractivity contribution in [2.75, 3.05) is 13.1 Å². The van der Waals surface area contributed by atoms with Crippen LogP contribution in [0, 0.1) is 0 Å². The lowest BCUT2D eigenvalue weighted by Crippen LogP contribution is -2.57. The molecule has 2 saturated heterocycles. The lowest BCUT2D eigenvalue weighted by Gasteiger charge is -2.42. The number of carbonyl (C=O) groups is 3. The normalized spacial score (nSPS) is 18.9. The molecule has 0 aliphatic carbocycles. The van der Waals surface area contributed by atoms with E-state index in [0.29, 0.717) is 38.2 Å². The molecule has 0 atom stereocenters. The van der Waals surface area contributed by atoms with Crippen molar-refractivity contribution in [3.05, 3.63) is 59.9 Å². The van der Waals surface area contributed by atoms with Crippen molar-refractivity contribution in [3.8, 4) is 0 Å². The first-order chi connectivity index (χ1) is 13.0. The Morgan fingerprint density at radius 3 is 2.41 bits per heavy atom. The van der Waals surface area contributed by atoms with Gasteiger partial charge in [0, 0.05) is 32.9 Å². The molecule has 0 saturated carbocycles. The van der Waals surface area contributed by atoms with Crippen molar-refractivity contribution in [2.45, 2.75) is 24.9 Å². The van der Waals surface area contributed by atoms with E-state index in [1.165, 1.54) is 0 Å². The van der Waals surface area contributed by atoms with Crippen molar-refractivity contribution in [1.82, 2.24) is 19.7 Å². The van der Waals surface area contributed by atoms with Crippen LogP contribution in [0.5, 0.6) is 0 Å². The molecule has 27 heavy (non-hydrogen) atoms. The van der Waals surface area contributed by atoms with Crippen LogP contribution in [0.15, 0.2) is 48.7 Å². The van der Waals surface area contributed by atoms with Crippen LogP contribution in [0.2, 0.25) is 0 Å². The second-order valence-corrected chi connectivity index (χ2v) is 7.16. The number of imide groups is 1. The molecule has 3 heterocycles. The zero-order chi connectivity index (χ0) is 19.0. The van der Waals surface area contributed by atoms with Crippen molar-refractivity contribution < 1.29 is 14.4 Å². The van der Waals surface area contributed by atoms with Gasteiger partial charge in [-0.3, -0.25) is 14.9 Å². The molecular formula is C20H22N4O3. The number of aryl methyl sites for hydroxylation is 1. The molecule has 1 aromatic heterocycles. The number of carbonyl (C=O) groups excluding carboxylic acids is 3. The predicted octanol–water partition coefficient (Wildman–Crippen LogP) is 1.75. The summed E-state index contributed by atoms with van der Waals surface area (Å²) in [5.74, 6) is -0.300. The Balaban J connectivity index is 1.52. The van der Waals surface area contributed by atoms with Gasteiger partial charge in [-0.1, -0.05) is 30.3 Å². The van der Waals surface area contributed by atoms with Gasteiger partial charge in [-0.2, -0.15) is 0 Å². The van der Waals surface area contributed by atoms with Crippen molar-refractivity contribution in [1.29, 1.82) is 0 Å². The third-order valence-corrected chi connectivity index (χ3v) is 5.63. The van der Waals surface area contributed by atoms with Gasteiger partial charge in [-0.25, -0.2) is 4.79 Å². The van der Waals surface area contributed by atoms with Gasteiger partial charge in [-0.15, -0.1) is 0 Å². The van der Waals surface area contributed by atoms with Crippen LogP contribution >= 0.6 is 0 Å². The minimum atomic E-state index is -0.877. The quantitative estimate of drug-likeness (QED) is 0.841. The first-order valence-corrected chi connectivity index (χ1v) is 9.09. The number of likely N-dealkylation sites (tertiary alicyclic amines) is 1. The summed E-state index contributed by atoms with van der Waals surface area (Å²) in [7, 11) is 1.84. The van der Waals surface area contributed by atoms with Gasteiger partial charge in [-0.05, 0) is 30.5 Å². The zero-order valence-electron chi connectivity index (χ0n) is 15.2. The monoisotopic (exact) mass is 366 g/mol. The zero-order valence-corrected chi connectivity index (χ0v) is 15.2. The SMILES string of the molecule is Cn1cccc1C(=O)N1CCC2(CC1)C(=O)NC(=O)N2Cc1ccccc1. The Kier molecular flexibility index (Phi) is 4.22. The Hall–Kier alpha value is -3.09. The highest BCUT2D eigenvalue weighted by Gasteiger charge is 2.54. The molecule has 2 fully saturated rings. The van der Waals surface area contributed by atoms with Gasteiger partial charge in [0.1, 0.15) is 11.2 Å². The summed E-state index contributed by atoms with van der Waals surface area (Å²) in [6.07, 6.45) is 2.71. The van der Waals surface area contributed by atoms with Crippen LogP contribution < -0.4 is 5.32 Å². The third kappa shape index (κ3) is 2.89. The summed E-state index contributed by atoms with van der Waals surface area (Å²) in [5, 5.41) is 2.47. The lowest BCUT2D eigenvalue weighted by atomic mass is 9.85. The number of aromatic nitrogens is 1. The number of benzene rings is 1. The van der Waals surface area contributed by atoms with E-state index < -0.39 is 5.54 Å². The number of amides is 4. The first-order valence-electron chi connectivity index (χ1n) is 9.09. The van der Waals surface area contributed by atoms with Gasteiger partial charge >= 0.3 is 6.03 Å². The molecule has 7 heteroatoms. The molecule has 2 aromatic rings. The highest BCUT2D eigenvalue weighted by atomic mass is 16.2. The largest absolute Gasteiger partial charge is 0.347 e. The molecular weight excluding hydrogens is 344 g/mol. The molecule has 1 aromatic carbocycles. The molecule has 4 rings (SSSR count). The molecule has 140 valence electrons. The molecule has 1 spiro atoms. The average molecular weight is 366 g/mol. The Morgan fingerprint density at radius 2 is 1.78 bits per heavy atom. The standard InChI is InChI=1S/C20H22N4O3/c1-22-11-5-8-16(22)17(25)23-12-9-20(10-13-23)18(26)21-19(27)24(20)14-15-6-3-2-4-7-15/h2-8,11H,9-10,12-14H2,1H3,(H,21,26,27). The van der Waals surface area contributed by atoms with E-state index in [-0.39, 0.29) is 17.8 Å². The van der Waals surface area contributed by atoms with Crippen molar-refractivity contribution >= 4 is 17.8 Å². The van der Waals surface area contributed by atoms with Crippen molar-refractivity contribution in [2.24, 2.45) is 7.05 Å². The summed E-state index contributed by atoms with van der Waals surface area (Å²) < 4.78 is 1.79. The van der Waals surface area contributed by atoms with Crippen LogP contribution in [-0.4, -0.2) is 50.8 Å². The number of nitrogens with one attached hydrogen (secondary N) is 1. The van der Waals surface area contributed by atoms with E-state index in [2.05, 4.69) is 5.32 Å². The Bertz CT molecular complexity index is 882. The van der Waals surface area contributed by atoms with Gasteiger partial charge in [0.25, 0.3) is 11.8 Å². The van der Waals surface area contributed by atoms with Gasteiger partial charge in [0.05, 0.1) is 0 Å². The van der Waals surface area contributed by atoms with E-state index in [1.807, 2.05) is 49.6 Å². The number of urea groups is 1. The maximum atomic E-state index is 12.7. The van der Waals surface area contributed by atoms with Crippen LogP contribution in [0.1, 0.15) is 28.9 Å². The highest BCUT2D eigenvalue weighted by molar-refractivity contribution is 6.07. The van der Waals surface area contributed by atoms with Crippen molar-refractivity contribution in [3.63, 3.8) is 0 Å². The number of piperidine rings is 1. The lowest BCUT2D eigenvalue weighted by molar-refractivity contribution is -0.129. The topological polar surface area (TPSA) is 74.6 Å². The molecule has 2 aliphatic heterocycles. The van der Waals surface area contributed by atoms with Crippen LogP contribution in [0.25, 0.3) is 0 Å². The maximum Gasteiger partial charge on any atom is 0.325 e. The van der Waals surface area contributed by atoms with E-state index in [1.54, 1.807) is 20.4 Å². The summed E-state index contributed by atoms with van der Waals surface area (Å²) in [6.45, 7) is 1.26. The molecule has 4 amide bonds. The Morgan fingerprint density at radius 1 is 1.07 bits per heavy atom. The summed E-state index contributed by atoms with van der Waals surface area (Å²) >= 11 is 0. The summed E-state index contributed by atoms with van der Waals surface area (Å²) in [6, 6.07) is 12.9. The molecule has 2 aliphatic rings. The second-order valence-electron chi connectivity index (χ2n) is 7.16. The molecule has 0 radical (unpaired) electrons.